The molecule has 1 saturated heterocycles. The van der Waals surface area contributed by atoms with Gasteiger partial charge in [0, 0.05) is 38.3 Å². The van der Waals surface area contributed by atoms with E-state index in [0.717, 1.165) is 25.2 Å². The van der Waals surface area contributed by atoms with Crippen molar-refractivity contribution in [2.24, 2.45) is 5.41 Å². The van der Waals surface area contributed by atoms with Gasteiger partial charge in [0.25, 0.3) is 0 Å². The molecule has 1 fully saturated rings. The van der Waals surface area contributed by atoms with Crippen LogP contribution in [0.1, 0.15) is 70.1 Å². The zero-order valence-electron chi connectivity index (χ0n) is 20.8. The summed E-state index contributed by atoms with van der Waals surface area (Å²) in [6.07, 6.45) is 2.37. The Morgan fingerprint density at radius 1 is 1.06 bits per heavy atom. The van der Waals surface area contributed by atoms with Crippen LogP contribution in [0.25, 0.3) is 0 Å². The number of nitrogens with one attached hydrogen (secondary N) is 2. The molecule has 2 aromatic carbocycles. The molecule has 0 aliphatic carbocycles. The van der Waals surface area contributed by atoms with Gasteiger partial charge in [-0.05, 0) is 53.5 Å². The van der Waals surface area contributed by atoms with Crippen molar-refractivity contribution in [3.8, 4) is 11.5 Å². The van der Waals surface area contributed by atoms with Gasteiger partial charge in [0.15, 0.2) is 11.6 Å². The van der Waals surface area contributed by atoms with E-state index in [-0.39, 0.29) is 34.7 Å². The van der Waals surface area contributed by atoms with Gasteiger partial charge in [-0.25, -0.2) is 0 Å². The maximum Gasteiger partial charge on any atom is 0.195 e. The van der Waals surface area contributed by atoms with Crippen LogP contribution in [-0.2, 0) is 11.3 Å². The van der Waals surface area contributed by atoms with Gasteiger partial charge in [-0.3, -0.25) is 25.4 Å². The monoisotopic (exact) mass is 464 g/mol. The Hall–Kier alpha value is -3.19. The van der Waals surface area contributed by atoms with E-state index in [1.165, 1.54) is 30.7 Å². The van der Waals surface area contributed by atoms with E-state index in [1.807, 2.05) is 26.0 Å². The molecule has 0 spiro atoms. The summed E-state index contributed by atoms with van der Waals surface area (Å²) in [4.78, 5) is 15.8. The number of hydrogen-bond donors (Lipinski definition) is 4. The summed E-state index contributed by atoms with van der Waals surface area (Å²) in [6.45, 7) is 12.6. The third-order valence-electron chi connectivity index (χ3n) is 7.02. The lowest BCUT2D eigenvalue weighted by molar-refractivity contribution is -0.111. The number of aromatic hydroxyl groups is 2. The van der Waals surface area contributed by atoms with E-state index in [0.29, 0.717) is 16.7 Å². The highest BCUT2D eigenvalue weighted by molar-refractivity contribution is 6.48. The molecular formula is C27H36N4O3. The number of amidine groups is 2. The number of ketones is 1. The Morgan fingerprint density at radius 2 is 1.65 bits per heavy atom. The first-order valence-corrected chi connectivity index (χ1v) is 11.9. The minimum Gasteiger partial charge on any atom is -0.508 e. The summed E-state index contributed by atoms with van der Waals surface area (Å²) >= 11 is 0. The van der Waals surface area contributed by atoms with E-state index in [1.54, 1.807) is 18.2 Å². The summed E-state index contributed by atoms with van der Waals surface area (Å²) in [5.74, 6) is -1.43. The number of Topliss-reactive ketones (excluding diaryl/α,β-unsaturated/α-hetero) is 1. The molecule has 0 atom stereocenters. The Bertz CT molecular complexity index is 1080. The number of hydrogen-bond acceptors (Lipinski definition) is 6. The average molecular weight is 465 g/mol. The fraction of sp³-hybridized carbons (Fsp3) is 0.444. The molecule has 34 heavy (non-hydrogen) atoms. The number of phenolic OH excluding ortho intramolecular Hbond substituents is 2. The van der Waals surface area contributed by atoms with Crippen molar-refractivity contribution in [2.75, 3.05) is 18.0 Å². The van der Waals surface area contributed by atoms with Crippen LogP contribution in [0.5, 0.6) is 11.5 Å². The second-order valence-corrected chi connectivity index (χ2v) is 9.69. The maximum absolute atomic E-state index is 12.1. The molecule has 1 aliphatic heterocycles. The smallest absolute Gasteiger partial charge is 0.195 e. The van der Waals surface area contributed by atoms with Gasteiger partial charge in [-0.2, -0.15) is 0 Å². The first kappa shape index (κ1) is 25.4. The van der Waals surface area contributed by atoms with Gasteiger partial charge in [-0.15, -0.1) is 0 Å². The molecule has 7 nitrogen and oxygen atoms in total. The van der Waals surface area contributed by atoms with Crippen LogP contribution >= 0.6 is 0 Å². The highest BCUT2D eigenvalue weighted by atomic mass is 16.3. The number of carbonyl (C=O) groups excluding carboxylic acids is 1. The van der Waals surface area contributed by atoms with Gasteiger partial charge in [-0.1, -0.05) is 39.8 Å². The standard InChI is InChI=1S/C27H36N4O3/c1-6-27(7-2)15-30(16-27)14-19-8-10-20(11-9-19)31(25(28)18(5)32)26(29)22-12-21(17(3)4)23(33)13-24(22)34/h8-13,17,28-29,33-34H,6-7,14-16H2,1-5H3. The minimum absolute atomic E-state index is 0.0344. The Kier molecular flexibility index (Phi) is 7.46. The summed E-state index contributed by atoms with van der Waals surface area (Å²) < 4.78 is 0. The lowest BCUT2D eigenvalue weighted by Crippen LogP contribution is -2.54. The van der Waals surface area contributed by atoms with Crippen molar-refractivity contribution in [3.63, 3.8) is 0 Å². The molecule has 0 unspecified atom stereocenters. The molecule has 3 rings (SSSR count). The molecule has 0 aromatic heterocycles. The fourth-order valence-corrected chi connectivity index (χ4v) is 4.61. The van der Waals surface area contributed by atoms with Crippen LogP contribution in [-0.4, -0.2) is 45.7 Å². The molecule has 0 amide bonds. The highest BCUT2D eigenvalue weighted by Crippen LogP contribution is 2.38. The van der Waals surface area contributed by atoms with E-state index in [2.05, 4.69) is 18.7 Å². The Labute approximate surface area is 202 Å². The SMILES string of the molecule is CCC1(CC)CN(Cc2ccc(N(C(=N)C(C)=O)C(=N)c3cc(C(C)C)c(O)cc3O)cc2)C1. The molecule has 4 N–H and O–H groups in total. The number of rotatable bonds is 8. The number of likely N-dealkylation sites (tertiary alicyclic amines) is 1. The lowest BCUT2D eigenvalue weighted by Gasteiger charge is -2.50. The van der Waals surface area contributed by atoms with Crippen LogP contribution in [0.15, 0.2) is 36.4 Å². The van der Waals surface area contributed by atoms with Crippen LogP contribution in [0.3, 0.4) is 0 Å². The second-order valence-electron chi connectivity index (χ2n) is 9.69. The maximum atomic E-state index is 12.1. The number of nitrogens with zero attached hydrogens (tertiary/aromatic N) is 2. The number of anilines is 1. The summed E-state index contributed by atoms with van der Waals surface area (Å²) in [5, 5.41) is 37.8. The van der Waals surface area contributed by atoms with Gasteiger partial charge < -0.3 is 10.2 Å². The average Bonchev–Trinajstić information content (AvgIpc) is 2.76. The second kappa shape index (κ2) is 9.97. The quantitative estimate of drug-likeness (QED) is 0.315. The van der Waals surface area contributed by atoms with E-state index in [4.69, 9.17) is 10.8 Å². The van der Waals surface area contributed by atoms with Crippen molar-refractivity contribution in [1.82, 2.24) is 4.90 Å². The summed E-state index contributed by atoms with van der Waals surface area (Å²) in [5.41, 5.74) is 2.77. The van der Waals surface area contributed by atoms with Crippen LogP contribution in [0, 0.1) is 16.2 Å². The molecule has 1 heterocycles. The Morgan fingerprint density at radius 3 is 2.15 bits per heavy atom. The van der Waals surface area contributed by atoms with Crippen LogP contribution in [0.4, 0.5) is 5.69 Å². The third-order valence-corrected chi connectivity index (χ3v) is 7.02. The first-order valence-electron chi connectivity index (χ1n) is 11.9. The van der Waals surface area contributed by atoms with Crippen molar-refractivity contribution in [1.29, 1.82) is 10.8 Å². The van der Waals surface area contributed by atoms with Gasteiger partial charge in [0.2, 0.25) is 0 Å². The largest absolute Gasteiger partial charge is 0.508 e. The van der Waals surface area contributed by atoms with Crippen molar-refractivity contribution in [3.05, 3.63) is 53.1 Å². The van der Waals surface area contributed by atoms with E-state index < -0.39 is 5.78 Å². The van der Waals surface area contributed by atoms with Crippen LogP contribution < -0.4 is 4.90 Å². The van der Waals surface area contributed by atoms with Crippen LogP contribution in [0.2, 0.25) is 0 Å². The molecule has 1 aliphatic rings. The molecule has 2 aromatic rings. The molecule has 182 valence electrons. The number of benzene rings is 2. The van der Waals surface area contributed by atoms with Crippen molar-refractivity contribution < 1.29 is 15.0 Å². The molecule has 0 radical (unpaired) electrons. The predicted molar refractivity (Wildman–Crippen MR) is 136 cm³/mol. The third kappa shape index (κ3) is 4.99. The van der Waals surface area contributed by atoms with Gasteiger partial charge in [0.1, 0.15) is 17.3 Å². The van der Waals surface area contributed by atoms with Gasteiger partial charge in [0.05, 0.1) is 5.56 Å². The van der Waals surface area contributed by atoms with E-state index in [9.17, 15) is 15.0 Å². The van der Waals surface area contributed by atoms with Gasteiger partial charge >= 0.3 is 0 Å². The molecule has 0 bridgehead atoms. The fourth-order valence-electron chi connectivity index (χ4n) is 4.61. The zero-order chi connectivity index (χ0) is 25.2. The summed E-state index contributed by atoms with van der Waals surface area (Å²) in [6, 6.07) is 10.3. The van der Waals surface area contributed by atoms with Crippen molar-refractivity contribution in [2.45, 2.75) is 59.9 Å². The number of phenols is 2. The molecule has 7 heteroatoms. The topological polar surface area (TPSA) is 112 Å². The molecular weight excluding hydrogens is 428 g/mol. The molecule has 0 saturated carbocycles. The highest BCUT2D eigenvalue weighted by Gasteiger charge is 2.39. The Balaban J connectivity index is 1.88. The number of carbonyl (C=O) groups is 1. The lowest BCUT2D eigenvalue weighted by atomic mass is 9.75. The minimum atomic E-state index is -0.493. The first-order chi connectivity index (χ1) is 16.0. The predicted octanol–water partition coefficient (Wildman–Crippen LogP) is 5.24. The zero-order valence-corrected chi connectivity index (χ0v) is 20.8. The summed E-state index contributed by atoms with van der Waals surface area (Å²) in [7, 11) is 0. The van der Waals surface area contributed by atoms with E-state index >= 15 is 0 Å². The normalized spacial score (nSPS) is 15.1. The van der Waals surface area contributed by atoms with Crippen molar-refractivity contribution >= 4 is 23.1 Å².